The van der Waals surface area contributed by atoms with Crippen molar-refractivity contribution in [2.24, 2.45) is 17.3 Å². The van der Waals surface area contributed by atoms with Crippen molar-refractivity contribution >= 4 is 6.09 Å². The molecule has 1 saturated heterocycles. The Bertz CT molecular complexity index is 285. The maximum absolute atomic E-state index is 11.3. The van der Waals surface area contributed by atoms with E-state index in [0.717, 1.165) is 19.3 Å². The summed E-state index contributed by atoms with van der Waals surface area (Å²) < 4.78 is 0. The van der Waals surface area contributed by atoms with Crippen LogP contribution in [0.3, 0.4) is 0 Å². The normalized spacial score (nSPS) is 27.1. The quantitative estimate of drug-likeness (QED) is 0.817. The lowest BCUT2D eigenvalue weighted by Crippen LogP contribution is -2.51. The average molecular weight is 257 g/mol. The third-order valence-corrected chi connectivity index (χ3v) is 4.00. The monoisotopic (exact) mass is 257 g/mol. The zero-order chi connectivity index (χ0) is 13.9. The van der Waals surface area contributed by atoms with Crippen LogP contribution in [0.1, 0.15) is 47.0 Å². The van der Waals surface area contributed by atoms with Gasteiger partial charge in [-0.3, -0.25) is 0 Å². The summed E-state index contributed by atoms with van der Waals surface area (Å²) in [5, 5.41) is 18.4. The van der Waals surface area contributed by atoms with Crippen molar-refractivity contribution in [3.63, 3.8) is 0 Å². The van der Waals surface area contributed by atoms with E-state index in [1.165, 1.54) is 0 Å². The molecule has 4 nitrogen and oxygen atoms in total. The molecule has 0 spiro atoms. The van der Waals surface area contributed by atoms with Gasteiger partial charge < -0.3 is 15.1 Å². The van der Waals surface area contributed by atoms with Crippen molar-refractivity contribution in [2.45, 2.75) is 53.0 Å². The Kier molecular flexibility index (Phi) is 5.02. The molecule has 0 aromatic heterocycles. The SMILES string of the molecule is CC(CO)CC1CCN(C(=O)O)C(C(C)(C)C)C1. The molecule has 0 radical (unpaired) electrons. The number of aliphatic hydroxyl groups excluding tert-OH is 1. The van der Waals surface area contributed by atoms with Crippen LogP contribution < -0.4 is 0 Å². The van der Waals surface area contributed by atoms with E-state index in [2.05, 4.69) is 27.7 Å². The predicted molar refractivity (Wildman–Crippen MR) is 71.6 cm³/mol. The molecule has 1 heterocycles. The van der Waals surface area contributed by atoms with Crippen LogP contribution in [0.4, 0.5) is 4.79 Å². The van der Waals surface area contributed by atoms with Crippen LogP contribution in [-0.2, 0) is 0 Å². The minimum Gasteiger partial charge on any atom is -0.465 e. The van der Waals surface area contributed by atoms with E-state index in [9.17, 15) is 9.90 Å². The molecule has 1 amide bonds. The summed E-state index contributed by atoms with van der Waals surface area (Å²) in [5.74, 6) is 0.846. The van der Waals surface area contributed by atoms with E-state index in [4.69, 9.17) is 5.11 Å². The van der Waals surface area contributed by atoms with Gasteiger partial charge in [-0.15, -0.1) is 0 Å². The minimum absolute atomic E-state index is 0.0283. The van der Waals surface area contributed by atoms with E-state index in [-0.39, 0.29) is 18.1 Å². The third-order valence-electron chi connectivity index (χ3n) is 4.00. The van der Waals surface area contributed by atoms with Crippen molar-refractivity contribution in [3.8, 4) is 0 Å². The van der Waals surface area contributed by atoms with E-state index in [1.807, 2.05) is 0 Å². The van der Waals surface area contributed by atoms with Crippen molar-refractivity contribution in [1.29, 1.82) is 0 Å². The second-order valence-corrected chi connectivity index (χ2v) is 6.77. The van der Waals surface area contributed by atoms with Gasteiger partial charge in [0.2, 0.25) is 0 Å². The summed E-state index contributed by atoms with van der Waals surface area (Å²) in [6.07, 6.45) is 2.03. The minimum atomic E-state index is -0.802. The van der Waals surface area contributed by atoms with E-state index < -0.39 is 6.09 Å². The van der Waals surface area contributed by atoms with Crippen LogP contribution in [-0.4, -0.2) is 40.4 Å². The summed E-state index contributed by atoms with van der Waals surface area (Å²) in [7, 11) is 0. The molecule has 0 aliphatic carbocycles. The summed E-state index contributed by atoms with van der Waals surface area (Å²) >= 11 is 0. The molecule has 0 aromatic carbocycles. The lowest BCUT2D eigenvalue weighted by atomic mass is 9.75. The molecule has 3 atom stereocenters. The highest BCUT2D eigenvalue weighted by Crippen LogP contribution is 2.36. The number of amides is 1. The number of carbonyl (C=O) groups is 1. The number of piperidine rings is 1. The van der Waals surface area contributed by atoms with Gasteiger partial charge in [-0.05, 0) is 36.5 Å². The van der Waals surface area contributed by atoms with Gasteiger partial charge in [-0.25, -0.2) is 4.79 Å². The second kappa shape index (κ2) is 5.91. The molecule has 4 heteroatoms. The molecule has 1 fully saturated rings. The van der Waals surface area contributed by atoms with E-state index >= 15 is 0 Å². The highest BCUT2D eigenvalue weighted by atomic mass is 16.4. The zero-order valence-electron chi connectivity index (χ0n) is 12.0. The Morgan fingerprint density at radius 1 is 1.44 bits per heavy atom. The third kappa shape index (κ3) is 3.87. The van der Waals surface area contributed by atoms with Crippen LogP contribution in [0.15, 0.2) is 0 Å². The first-order valence-electron chi connectivity index (χ1n) is 6.86. The molecule has 0 bridgehead atoms. The van der Waals surface area contributed by atoms with Crippen molar-refractivity contribution < 1.29 is 15.0 Å². The first kappa shape index (κ1) is 15.3. The number of aliphatic hydroxyl groups is 1. The van der Waals surface area contributed by atoms with E-state index in [1.54, 1.807) is 4.90 Å². The highest BCUT2D eigenvalue weighted by molar-refractivity contribution is 5.65. The Morgan fingerprint density at radius 3 is 2.50 bits per heavy atom. The predicted octanol–water partition coefficient (Wildman–Crippen LogP) is 2.81. The van der Waals surface area contributed by atoms with Gasteiger partial charge >= 0.3 is 6.09 Å². The highest BCUT2D eigenvalue weighted by Gasteiger charge is 2.38. The molecule has 2 N–H and O–H groups in total. The molecular weight excluding hydrogens is 230 g/mol. The Morgan fingerprint density at radius 2 is 2.06 bits per heavy atom. The van der Waals surface area contributed by atoms with Gasteiger partial charge in [0.1, 0.15) is 0 Å². The lowest BCUT2D eigenvalue weighted by Gasteiger charge is -2.45. The maximum atomic E-state index is 11.3. The molecule has 3 unspecified atom stereocenters. The van der Waals surface area contributed by atoms with Gasteiger partial charge in [0.25, 0.3) is 0 Å². The first-order valence-corrected chi connectivity index (χ1v) is 6.86. The van der Waals surface area contributed by atoms with Crippen LogP contribution in [0.5, 0.6) is 0 Å². The first-order chi connectivity index (χ1) is 8.25. The number of carboxylic acid groups (broad SMARTS) is 1. The number of likely N-dealkylation sites (tertiary alicyclic amines) is 1. The average Bonchev–Trinajstić information content (AvgIpc) is 2.27. The lowest BCUT2D eigenvalue weighted by molar-refractivity contribution is 0.0341. The fourth-order valence-corrected chi connectivity index (χ4v) is 2.95. The van der Waals surface area contributed by atoms with Crippen LogP contribution in [0.2, 0.25) is 0 Å². The van der Waals surface area contributed by atoms with Gasteiger partial charge in [-0.1, -0.05) is 27.7 Å². The molecule has 1 rings (SSSR count). The largest absolute Gasteiger partial charge is 0.465 e. The number of hydrogen-bond acceptors (Lipinski definition) is 2. The Labute approximate surface area is 110 Å². The molecule has 0 saturated carbocycles. The fraction of sp³-hybridized carbons (Fsp3) is 0.929. The molecule has 0 aromatic rings. The molecule has 106 valence electrons. The molecule has 1 aliphatic rings. The molecular formula is C14H27NO3. The van der Waals surface area contributed by atoms with Gasteiger partial charge in [0, 0.05) is 19.2 Å². The van der Waals surface area contributed by atoms with Gasteiger partial charge in [-0.2, -0.15) is 0 Å². The standard InChI is InChI=1S/C14H27NO3/c1-10(9-16)7-11-5-6-15(13(17)18)12(8-11)14(2,3)4/h10-12,16H,5-9H2,1-4H3,(H,17,18). The van der Waals surface area contributed by atoms with Crippen LogP contribution >= 0.6 is 0 Å². The van der Waals surface area contributed by atoms with Gasteiger partial charge in [0.15, 0.2) is 0 Å². The Hall–Kier alpha value is -0.770. The van der Waals surface area contributed by atoms with Crippen molar-refractivity contribution in [1.82, 2.24) is 4.90 Å². The maximum Gasteiger partial charge on any atom is 0.407 e. The summed E-state index contributed by atoms with van der Waals surface area (Å²) in [5.41, 5.74) is -0.0283. The molecule has 18 heavy (non-hydrogen) atoms. The van der Waals surface area contributed by atoms with Crippen molar-refractivity contribution in [2.75, 3.05) is 13.2 Å². The Balaban J connectivity index is 2.71. The van der Waals surface area contributed by atoms with E-state index in [0.29, 0.717) is 18.4 Å². The van der Waals surface area contributed by atoms with Crippen LogP contribution in [0, 0.1) is 17.3 Å². The summed E-state index contributed by atoms with van der Waals surface area (Å²) in [6, 6.07) is 0.0830. The van der Waals surface area contributed by atoms with Crippen LogP contribution in [0.25, 0.3) is 0 Å². The number of rotatable bonds is 3. The molecule has 1 aliphatic heterocycles. The van der Waals surface area contributed by atoms with Crippen molar-refractivity contribution in [3.05, 3.63) is 0 Å². The smallest absolute Gasteiger partial charge is 0.407 e. The fourth-order valence-electron chi connectivity index (χ4n) is 2.95. The zero-order valence-corrected chi connectivity index (χ0v) is 12.0. The summed E-state index contributed by atoms with van der Waals surface area (Å²) in [4.78, 5) is 12.9. The van der Waals surface area contributed by atoms with Gasteiger partial charge in [0.05, 0.1) is 0 Å². The summed E-state index contributed by atoms with van der Waals surface area (Å²) in [6.45, 7) is 9.21. The number of hydrogen-bond donors (Lipinski definition) is 2. The number of nitrogens with zero attached hydrogens (tertiary/aromatic N) is 1. The second-order valence-electron chi connectivity index (χ2n) is 6.77. The topological polar surface area (TPSA) is 60.8 Å².